The second-order valence-corrected chi connectivity index (χ2v) is 10.6. The molecule has 1 heterocycles. The Kier molecular flexibility index (Phi) is 10.2. The SMILES string of the molecule is C=C/C=C\C(=C/C)c1cc(-[n+]2c(C(/C=C\C)=C/C)cc(-c3ccccc3)cc2-c2ccccc2)cc(-c2ccccc2)c1OC. The lowest BCUT2D eigenvalue weighted by atomic mass is 9.94. The lowest BCUT2D eigenvalue weighted by Crippen LogP contribution is -2.38. The van der Waals surface area contributed by atoms with Crippen LogP contribution < -0.4 is 9.30 Å². The third-order valence-corrected chi connectivity index (χ3v) is 7.85. The first kappa shape index (κ1) is 31.0. The molecule has 4 aromatic carbocycles. The van der Waals surface area contributed by atoms with Crippen molar-refractivity contribution in [2.75, 3.05) is 7.11 Å². The highest BCUT2D eigenvalue weighted by atomic mass is 16.5. The normalized spacial score (nSPS) is 12.2. The standard InChI is InChI=1S/C43H40NO/c1-6-10-21-32(8-3)39-30-38(31-40(43(39)45-5)35-24-16-12-17-25-35)44-41(33(9-4)20-7-2)28-37(34-22-14-11-15-23-34)29-42(44)36-26-18-13-19-27-36/h6-31H,1H2,2-5H3/q+1/b20-7-,21-10-,32-8+,33-9+. The van der Waals surface area contributed by atoms with E-state index < -0.39 is 0 Å². The zero-order valence-electron chi connectivity index (χ0n) is 26.6. The number of rotatable bonds is 10. The first-order valence-corrected chi connectivity index (χ1v) is 15.4. The average Bonchev–Trinajstić information content (AvgIpc) is 3.11. The smallest absolute Gasteiger partial charge is 0.219 e. The fourth-order valence-corrected chi connectivity index (χ4v) is 5.74. The maximum atomic E-state index is 6.18. The van der Waals surface area contributed by atoms with Gasteiger partial charge in [-0.25, -0.2) is 0 Å². The van der Waals surface area contributed by atoms with Crippen LogP contribution in [0.5, 0.6) is 5.75 Å². The van der Waals surface area contributed by atoms with Crippen molar-refractivity contribution in [3.63, 3.8) is 0 Å². The summed E-state index contributed by atoms with van der Waals surface area (Å²) in [5, 5.41) is 0. The Morgan fingerprint density at radius 3 is 1.80 bits per heavy atom. The van der Waals surface area contributed by atoms with Crippen molar-refractivity contribution in [1.82, 2.24) is 0 Å². The van der Waals surface area contributed by atoms with E-state index in [4.69, 9.17) is 4.74 Å². The van der Waals surface area contributed by atoms with Gasteiger partial charge in [0.25, 0.3) is 0 Å². The van der Waals surface area contributed by atoms with E-state index in [-0.39, 0.29) is 0 Å². The van der Waals surface area contributed by atoms with Crippen LogP contribution >= 0.6 is 0 Å². The van der Waals surface area contributed by atoms with Crippen LogP contribution in [-0.4, -0.2) is 7.11 Å². The Morgan fingerprint density at radius 1 is 0.644 bits per heavy atom. The molecule has 0 aliphatic heterocycles. The van der Waals surface area contributed by atoms with Gasteiger partial charge in [-0.1, -0.05) is 128 Å². The molecule has 0 fully saturated rings. The fourth-order valence-electron chi connectivity index (χ4n) is 5.74. The monoisotopic (exact) mass is 586 g/mol. The summed E-state index contributed by atoms with van der Waals surface area (Å²) >= 11 is 0. The molecule has 45 heavy (non-hydrogen) atoms. The number of pyridine rings is 1. The molecule has 1 aromatic heterocycles. The van der Waals surface area contributed by atoms with Gasteiger partial charge in [0.05, 0.1) is 7.11 Å². The van der Waals surface area contributed by atoms with Crippen LogP contribution in [0, 0.1) is 0 Å². The van der Waals surface area contributed by atoms with Gasteiger partial charge in [0.2, 0.25) is 17.1 Å². The summed E-state index contributed by atoms with van der Waals surface area (Å²) in [5.74, 6) is 0.829. The van der Waals surface area contributed by atoms with Crippen LogP contribution in [0.15, 0.2) is 164 Å². The molecule has 5 aromatic rings. The molecule has 0 spiro atoms. The molecule has 0 N–H and O–H groups in total. The molecule has 5 rings (SSSR count). The third-order valence-electron chi connectivity index (χ3n) is 7.85. The molecule has 2 nitrogen and oxygen atoms in total. The minimum Gasteiger partial charge on any atom is -0.495 e. The van der Waals surface area contributed by atoms with E-state index in [2.05, 4.69) is 171 Å². The van der Waals surface area contributed by atoms with E-state index in [9.17, 15) is 0 Å². The highest BCUT2D eigenvalue weighted by molar-refractivity contribution is 5.86. The van der Waals surface area contributed by atoms with Gasteiger partial charge in [-0.15, -0.1) is 0 Å². The molecule has 0 aliphatic rings. The number of hydrogen-bond acceptors (Lipinski definition) is 1. The summed E-state index contributed by atoms with van der Waals surface area (Å²) in [6, 6.07) is 40.8. The van der Waals surface area contributed by atoms with Crippen LogP contribution in [0.1, 0.15) is 32.0 Å². The van der Waals surface area contributed by atoms with E-state index in [1.165, 1.54) is 5.56 Å². The Balaban J connectivity index is 1.97. The van der Waals surface area contributed by atoms with Crippen molar-refractivity contribution >= 4 is 11.1 Å². The van der Waals surface area contributed by atoms with Gasteiger partial charge >= 0.3 is 0 Å². The van der Waals surface area contributed by atoms with Gasteiger partial charge in [0.1, 0.15) is 5.75 Å². The molecule has 0 unspecified atom stereocenters. The van der Waals surface area contributed by atoms with Gasteiger partial charge in [0.15, 0.2) is 0 Å². The molecule has 222 valence electrons. The zero-order chi connectivity index (χ0) is 31.6. The van der Waals surface area contributed by atoms with Crippen molar-refractivity contribution in [2.24, 2.45) is 0 Å². The van der Waals surface area contributed by atoms with Crippen LogP contribution in [-0.2, 0) is 0 Å². The average molecular weight is 587 g/mol. The molecule has 2 heteroatoms. The van der Waals surface area contributed by atoms with Gasteiger partial charge in [-0.2, -0.15) is 4.57 Å². The van der Waals surface area contributed by atoms with Crippen LogP contribution in [0.2, 0.25) is 0 Å². The van der Waals surface area contributed by atoms with E-state index in [1.54, 1.807) is 13.2 Å². The number of ether oxygens (including phenoxy) is 1. The van der Waals surface area contributed by atoms with E-state index in [0.717, 1.165) is 61.8 Å². The Morgan fingerprint density at radius 2 is 1.24 bits per heavy atom. The number of methoxy groups -OCH3 is 1. The van der Waals surface area contributed by atoms with E-state index >= 15 is 0 Å². The summed E-state index contributed by atoms with van der Waals surface area (Å²) in [7, 11) is 1.75. The summed E-state index contributed by atoms with van der Waals surface area (Å²) < 4.78 is 8.57. The highest BCUT2D eigenvalue weighted by Crippen LogP contribution is 2.40. The van der Waals surface area contributed by atoms with Crippen LogP contribution in [0.25, 0.3) is 50.3 Å². The van der Waals surface area contributed by atoms with Crippen molar-refractivity contribution < 1.29 is 9.30 Å². The topological polar surface area (TPSA) is 13.1 Å². The molecule has 0 aliphatic carbocycles. The highest BCUT2D eigenvalue weighted by Gasteiger charge is 2.28. The first-order valence-electron chi connectivity index (χ1n) is 15.4. The van der Waals surface area contributed by atoms with Crippen molar-refractivity contribution in [2.45, 2.75) is 20.8 Å². The molecule has 0 atom stereocenters. The van der Waals surface area contributed by atoms with Crippen molar-refractivity contribution in [3.05, 3.63) is 176 Å². The quantitative estimate of drug-likeness (QED) is 0.117. The molecular formula is C43H40NO+. The second-order valence-electron chi connectivity index (χ2n) is 10.6. The molecule has 0 bridgehead atoms. The predicted molar refractivity (Wildman–Crippen MR) is 192 cm³/mol. The predicted octanol–water partition coefficient (Wildman–Crippen LogP) is 11.1. The summed E-state index contributed by atoms with van der Waals surface area (Å²) in [4.78, 5) is 0. The van der Waals surface area contributed by atoms with Crippen LogP contribution in [0.4, 0.5) is 0 Å². The largest absolute Gasteiger partial charge is 0.495 e. The van der Waals surface area contributed by atoms with Crippen LogP contribution in [0.3, 0.4) is 0 Å². The summed E-state index contributed by atoms with van der Waals surface area (Å²) in [6.07, 6.45) is 14.4. The molecule has 0 radical (unpaired) electrons. The van der Waals surface area contributed by atoms with Gasteiger partial charge < -0.3 is 4.74 Å². The van der Waals surface area contributed by atoms with E-state index in [1.807, 2.05) is 12.1 Å². The Hall–Kier alpha value is -5.47. The first-order chi connectivity index (χ1) is 22.1. The number of aromatic nitrogens is 1. The number of nitrogens with zero attached hydrogens (tertiary/aromatic N) is 1. The van der Waals surface area contributed by atoms with Gasteiger partial charge in [-0.3, -0.25) is 0 Å². The molecule has 0 amide bonds. The maximum Gasteiger partial charge on any atom is 0.219 e. The molecular weight excluding hydrogens is 546 g/mol. The van der Waals surface area contributed by atoms with Gasteiger partial charge in [-0.05, 0) is 55.2 Å². The van der Waals surface area contributed by atoms with Crippen molar-refractivity contribution in [3.8, 4) is 44.9 Å². The minimum absolute atomic E-state index is 0.829. The summed E-state index contributed by atoms with van der Waals surface area (Å²) in [6.45, 7) is 10.1. The maximum absolute atomic E-state index is 6.18. The number of benzene rings is 4. The van der Waals surface area contributed by atoms with Crippen molar-refractivity contribution in [1.29, 1.82) is 0 Å². The lowest BCUT2D eigenvalue weighted by molar-refractivity contribution is -0.586. The number of hydrogen-bond donors (Lipinski definition) is 0. The van der Waals surface area contributed by atoms with Gasteiger partial charge in [0, 0.05) is 46.5 Å². The Bertz CT molecular complexity index is 1890. The molecule has 0 saturated carbocycles. The molecule has 0 saturated heterocycles. The lowest BCUT2D eigenvalue weighted by Gasteiger charge is -2.18. The zero-order valence-corrected chi connectivity index (χ0v) is 26.6. The second kappa shape index (κ2) is 14.8. The van der Waals surface area contributed by atoms with E-state index in [0.29, 0.717) is 0 Å². The number of allylic oxidation sites excluding steroid dienone is 9. The fraction of sp³-hybridized carbons (Fsp3) is 0.0930. The Labute approximate surface area is 268 Å². The third kappa shape index (κ3) is 6.71. The minimum atomic E-state index is 0.829. The summed E-state index contributed by atoms with van der Waals surface area (Å²) in [5.41, 5.74) is 12.0.